The number of nitrogens with zero attached hydrogens (tertiary/aromatic N) is 3. The van der Waals surface area contributed by atoms with Crippen molar-refractivity contribution in [2.24, 2.45) is 5.92 Å². The number of nitrogens with one attached hydrogen (secondary N) is 1. The second-order valence-electron chi connectivity index (χ2n) is 4.46. The normalized spacial score (nSPS) is 20.6. The van der Waals surface area contributed by atoms with Crippen molar-refractivity contribution >= 4 is 28.4 Å². The van der Waals surface area contributed by atoms with Gasteiger partial charge in [0.1, 0.15) is 12.1 Å². The van der Waals surface area contributed by atoms with Crippen LogP contribution in [-0.2, 0) is 0 Å². The van der Waals surface area contributed by atoms with Gasteiger partial charge >= 0.3 is 0 Å². The first-order chi connectivity index (χ1) is 8.31. The Labute approximate surface area is 116 Å². The van der Waals surface area contributed by atoms with Crippen molar-refractivity contribution in [3.05, 3.63) is 16.1 Å². The van der Waals surface area contributed by atoms with Crippen molar-refractivity contribution in [2.45, 2.75) is 19.8 Å². The second-order valence-corrected chi connectivity index (χ2v) is 5.62. The fourth-order valence-corrected chi connectivity index (χ4v) is 2.95. The molecule has 1 saturated heterocycles. The first-order valence-electron chi connectivity index (χ1n) is 6.22. The van der Waals surface area contributed by atoms with Gasteiger partial charge in [0.15, 0.2) is 0 Å². The van der Waals surface area contributed by atoms with E-state index in [4.69, 9.17) is 0 Å². The summed E-state index contributed by atoms with van der Waals surface area (Å²) < 4.78 is 1.15. The van der Waals surface area contributed by atoms with E-state index in [-0.39, 0.29) is 0 Å². The van der Waals surface area contributed by atoms with Crippen molar-refractivity contribution in [1.29, 1.82) is 0 Å². The molecule has 0 saturated carbocycles. The van der Waals surface area contributed by atoms with Crippen LogP contribution in [0.15, 0.2) is 12.5 Å². The van der Waals surface area contributed by atoms with E-state index in [0.29, 0.717) is 0 Å². The minimum atomic E-state index is 0.745. The van der Waals surface area contributed by atoms with Gasteiger partial charge in [-0.25, -0.2) is 9.97 Å². The molecule has 0 amide bonds. The Kier molecular flexibility index (Phi) is 4.97. The zero-order valence-electron chi connectivity index (χ0n) is 10.2. The maximum atomic E-state index is 4.40. The molecule has 94 valence electrons. The third-order valence-electron chi connectivity index (χ3n) is 3.15. The average Bonchev–Trinajstić information content (AvgIpc) is 2.37. The Morgan fingerprint density at radius 2 is 2.47 bits per heavy atom. The summed E-state index contributed by atoms with van der Waals surface area (Å²) in [6, 6.07) is 0. The number of rotatable bonds is 4. The van der Waals surface area contributed by atoms with Crippen LogP contribution in [0.25, 0.3) is 0 Å². The van der Waals surface area contributed by atoms with E-state index in [9.17, 15) is 0 Å². The summed E-state index contributed by atoms with van der Waals surface area (Å²) >= 11 is 2.32. The molecule has 0 bridgehead atoms. The van der Waals surface area contributed by atoms with Crippen LogP contribution in [0.5, 0.6) is 0 Å². The van der Waals surface area contributed by atoms with Gasteiger partial charge in [-0.2, -0.15) is 0 Å². The van der Waals surface area contributed by atoms with Crippen LogP contribution in [0.2, 0.25) is 0 Å². The lowest BCUT2D eigenvalue weighted by atomic mass is 9.98. The zero-order valence-corrected chi connectivity index (χ0v) is 12.4. The van der Waals surface area contributed by atoms with E-state index < -0.39 is 0 Å². The predicted molar refractivity (Wildman–Crippen MR) is 78.2 cm³/mol. The van der Waals surface area contributed by atoms with Gasteiger partial charge in [-0.05, 0) is 54.4 Å². The van der Waals surface area contributed by atoms with Gasteiger partial charge in [0, 0.05) is 19.3 Å². The second kappa shape index (κ2) is 6.49. The third kappa shape index (κ3) is 3.51. The Hall–Kier alpha value is -0.430. The molecule has 1 unspecified atom stereocenters. The largest absolute Gasteiger partial charge is 0.355 e. The molecule has 5 heteroatoms. The summed E-state index contributed by atoms with van der Waals surface area (Å²) in [6.45, 7) is 6.57. The van der Waals surface area contributed by atoms with Crippen molar-refractivity contribution < 1.29 is 0 Å². The maximum Gasteiger partial charge on any atom is 0.145 e. The molecule has 0 aromatic carbocycles. The van der Waals surface area contributed by atoms with Crippen LogP contribution in [0.4, 0.5) is 5.82 Å². The summed E-state index contributed by atoms with van der Waals surface area (Å²) in [5.74, 6) is 1.84. The molecular weight excluding hydrogens is 327 g/mol. The smallest absolute Gasteiger partial charge is 0.145 e. The van der Waals surface area contributed by atoms with Crippen molar-refractivity contribution in [1.82, 2.24) is 15.3 Å². The van der Waals surface area contributed by atoms with E-state index in [2.05, 4.69) is 49.7 Å². The molecule has 0 spiro atoms. The Bertz CT molecular complexity index is 358. The summed E-state index contributed by atoms with van der Waals surface area (Å²) in [7, 11) is 0. The van der Waals surface area contributed by atoms with Gasteiger partial charge in [0.25, 0.3) is 0 Å². The fraction of sp³-hybridized carbons (Fsp3) is 0.667. The lowest BCUT2D eigenvalue weighted by Crippen LogP contribution is -2.40. The lowest BCUT2D eigenvalue weighted by Gasteiger charge is -2.34. The van der Waals surface area contributed by atoms with E-state index in [1.54, 1.807) is 6.33 Å². The molecule has 1 aliphatic rings. The molecule has 1 fully saturated rings. The maximum absolute atomic E-state index is 4.40. The SMILES string of the molecule is CCNCC1CCCN(c2ncncc2I)C1. The quantitative estimate of drug-likeness (QED) is 0.846. The standard InChI is InChI=1S/C12H19IN4/c1-2-14-6-10-4-3-5-17(8-10)12-11(13)7-15-9-16-12/h7,9-10,14H,2-6,8H2,1H3. The molecule has 4 nitrogen and oxygen atoms in total. The van der Waals surface area contributed by atoms with E-state index in [0.717, 1.165) is 41.5 Å². The molecule has 1 aromatic rings. The van der Waals surface area contributed by atoms with Crippen LogP contribution >= 0.6 is 22.6 Å². The van der Waals surface area contributed by atoms with Crippen LogP contribution in [0.3, 0.4) is 0 Å². The van der Waals surface area contributed by atoms with E-state index in [1.165, 1.54) is 12.8 Å². The zero-order chi connectivity index (χ0) is 12.1. The fourth-order valence-electron chi connectivity index (χ4n) is 2.31. The molecular formula is C12H19IN4. The van der Waals surface area contributed by atoms with Crippen molar-refractivity contribution in [3.8, 4) is 0 Å². The molecule has 1 aromatic heterocycles. The highest BCUT2D eigenvalue weighted by Crippen LogP contribution is 2.24. The monoisotopic (exact) mass is 346 g/mol. The van der Waals surface area contributed by atoms with Gasteiger partial charge in [-0.3, -0.25) is 0 Å². The number of piperidine rings is 1. The highest BCUT2D eigenvalue weighted by atomic mass is 127. The summed E-state index contributed by atoms with van der Waals surface area (Å²) in [5, 5.41) is 3.44. The van der Waals surface area contributed by atoms with Crippen molar-refractivity contribution in [3.63, 3.8) is 0 Å². The number of halogens is 1. The van der Waals surface area contributed by atoms with E-state index >= 15 is 0 Å². The Balaban J connectivity index is 1.99. The van der Waals surface area contributed by atoms with Gasteiger partial charge in [0.05, 0.1) is 3.57 Å². The van der Waals surface area contributed by atoms with Gasteiger partial charge < -0.3 is 10.2 Å². The minimum Gasteiger partial charge on any atom is -0.355 e. The Morgan fingerprint density at radius 1 is 1.59 bits per heavy atom. The van der Waals surface area contributed by atoms with Gasteiger partial charge in [-0.15, -0.1) is 0 Å². The van der Waals surface area contributed by atoms with E-state index in [1.807, 2.05) is 6.20 Å². The predicted octanol–water partition coefficient (Wildman–Crippen LogP) is 1.91. The number of hydrogen-bond acceptors (Lipinski definition) is 4. The minimum absolute atomic E-state index is 0.745. The molecule has 0 aliphatic carbocycles. The first-order valence-corrected chi connectivity index (χ1v) is 7.30. The van der Waals surface area contributed by atoms with Gasteiger partial charge in [0.2, 0.25) is 0 Å². The third-order valence-corrected chi connectivity index (χ3v) is 3.91. The highest BCUT2D eigenvalue weighted by molar-refractivity contribution is 14.1. The number of hydrogen-bond donors (Lipinski definition) is 1. The summed E-state index contributed by atoms with van der Waals surface area (Å²) in [6.07, 6.45) is 6.11. The molecule has 2 heterocycles. The van der Waals surface area contributed by atoms with Gasteiger partial charge in [-0.1, -0.05) is 6.92 Å². The van der Waals surface area contributed by atoms with Crippen LogP contribution < -0.4 is 10.2 Å². The molecule has 17 heavy (non-hydrogen) atoms. The van der Waals surface area contributed by atoms with Crippen LogP contribution in [0.1, 0.15) is 19.8 Å². The lowest BCUT2D eigenvalue weighted by molar-refractivity contribution is 0.394. The highest BCUT2D eigenvalue weighted by Gasteiger charge is 2.21. The topological polar surface area (TPSA) is 41.0 Å². The first kappa shape index (κ1) is 13.0. The molecule has 0 radical (unpaired) electrons. The average molecular weight is 346 g/mol. The molecule has 1 N–H and O–H groups in total. The molecule has 1 aliphatic heterocycles. The van der Waals surface area contributed by atoms with Crippen LogP contribution in [-0.4, -0.2) is 36.1 Å². The number of aromatic nitrogens is 2. The Morgan fingerprint density at radius 3 is 3.24 bits per heavy atom. The van der Waals surface area contributed by atoms with Crippen LogP contribution in [0, 0.1) is 9.49 Å². The number of anilines is 1. The summed E-state index contributed by atoms with van der Waals surface area (Å²) in [5.41, 5.74) is 0. The molecule has 2 rings (SSSR count). The summed E-state index contributed by atoms with van der Waals surface area (Å²) in [4.78, 5) is 10.9. The molecule has 1 atom stereocenters. The van der Waals surface area contributed by atoms with Crippen molar-refractivity contribution in [2.75, 3.05) is 31.1 Å².